The molecule has 2 amide bonds. The van der Waals surface area contributed by atoms with Gasteiger partial charge in [-0.15, -0.1) is 0 Å². The molecule has 0 radical (unpaired) electrons. The van der Waals surface area contributed by atoms with Crippen LogP contribution in [0.2, 0.25) is 0 Å². The molecule has 4 aromatic rings. The van der Waals surface area contributed by atoms with Crippen molar-refractivity contribution < 1.29 is 19.4 Å². The Balaban J connectivity index is 1.30. The molecule has 1 saturated heterocycles. The van der Waals surface area contributed by atoms with Gasteiger partial charge in [-0.25, -0.2) is 14.6 Å². The van der Waals surface area contributed by atoms with Gasteiger partial charge in [0.05, 0.1) is 41.5 Å². The maximum absolute atomic E-state index is 13.8. The highest BCUT2D eigenvalue weighted by molar-refractivity contribution is 6.06. The van der Waals surface area contributed by atoms with E-state index in [-0.39, 0.29) is 36.6 Å². The van der Waals surface area contributed by atoms with Crippen LogP contribution in [0.5, 0.6) is 0 Å². The summed E-state index contributed by atoms with van der Waals surface area (Å²) in [5.74, 6) is 0.538. The highest BCUT2D eigenvalue weighted by Crippen LogP contribution is 2.27. The van der Waals surface area contributed by atoms with Crippen molar-refractivity contribution >= 4 is 28.7 Å². The van der Waals surface area contributed by atoms with E-state index in [0.717, 1.165) is 35.5 Å². The average Bonchev–Trinajstić information content (AvgIpc) is 3.52. The quantitative estimate of drug-likeness (QED) is 0.177. The van der Waals surface area contributed by atoms with Crippen LogP contribution in [0, 0.1) is 6.92 Å². The summed E-state index contributed by atoms with van der Waals surface area (Å²) in [6.45, 7) is 14.7. The second kappa shape index (κ2) is 15.9. The van der Waals surface area contributed by atoms with Gasteiger partial charge < -0.3 is 29.9 Å². The molecule has 1 fully saturated rings. The lowest BCUT2D eigenvalue weighted by molar-refractivity contribution is -0.134. The second-order valence-corrected chi connectivity index (χ2v) is 13.8. The number of anilines is 1. The van der Waals surface area contributed by atoms with E-state index in [2.05, 4.69) is 27.2 Å². The first-order valence-corrected chi connectivity index (χ1v) is 17.5. The highest BCUT2D eigenvalue weighted by Gasteiger charge is 2.24. The Labute approximate surface area is 293 Å². The van der Waals surface area contributed by atoms with E-state index in [0.29, 0.717) is 73.5 Å². The van der Waals surface area contributed by atoms with Crippen LogP contribution in [-0.2, 0) is 22.5 Å². The van der Waals surface area contributed by atoms with Crippen LogP contribution in [0.4, 0.5) is 5.82 Å². The molecule has 13 heteroatoms. The van der Waals surface area contributed by atoms with Crippen LogP contribution in [0.3, 0.4) is 0 Å². The third-order valence-electron chi connectivity index (χ3n) is 9.13. The number of aliphatic hydroxyl groups excluding tert-OH is 1. The molecule has 268 valence electrons. The van der Waals surface area contributed by atoms with Gasteiger partial charge in [-0.1, -0.05) is 13.3 Å². The predicted molar refractivity (Wildman–Crippen MR) is 193 cm³/mol. The summed E-state index contributed by atoms with van der Waals surface area (Å²) < 4.78 is 7.60. The van der Waals surface area contributed by atoms with Crippen LogP contribution in [-0.4, -0.2) is 91.5 Å². The first-order valence-electron chi connectivity index (χ1n) is 17.5. The molecule has 5 rings (SSSR count). The van der Waals surface area contributed by atoms with Crippen molar-refractivity contribution in [2.75, 3.05) is 44.3 Å². The van der Waals surface area contributed by atoms with Gasteiger partial charge in [-0.3, -0.25) is 14.4 Å². The lowest BCUT2D eigenvalue weighted by Gasteiger charge is -2.35. The van der Waals surface area contributed by atoms with Crippen LogP contribution in [0.25, 0.3) is 22.3 Å². The monoisotopic (exact) mass is 686 g/mol. The molecule has 0 bridgehead atoms. The van der Waals surface area contributed by atoms with Crippen molar-refractivity contribution in [3.05, 3.63) is 69.4 Å². The van der Waals surface area contributed by atoms with Crippen LogP contribution in [0.15, 0.2) is 41.5 Å². The van der Waals surface area contributed by atoms with Crippen LogP contribution >= 0.6 is 0 Å². The number of fused-ring (bicyclic) bond motifs is 1. The molecular formula is C37H50N8O5. The van der Waals surface area contributed by atoms with Crippen molar-refractivity contribution in [2.24, 2.45) is 0 Å². The SMILES string of the molecule is CCCc1cc(C)[nH]c(=O)c1CNC(=O)c1cc(-c2ccc(N3CCN(C(=O)CCOC(C)(C)CCO)CC3)nc2)nc2c1cnn2C(C)C. The second-order valence-electron chi connectivity index (χ2n) is 13.8. The fraction of sp³-hybridized carbons (Fsp3) is 0.514. The molecule has 0 unspecified atom stereocenters. The first kappa shape index (κ1) is 36.7. The summed E-state index contributed by atoms with van der Waals surface area (Å²) >= 11 is 0. The highest BCUT2D eigenvalue weighted by atomic mass is 16.5. The van der Waals surface area contributed by atoms with E-state index in [1.807, 2.05) is 57.7 Å². The Morgan fingerprint density at radius 1 is 1.12 bits per heavy atom. The molecular weight excluding hydrogens is 636 g/mol. The summed E-state index contributed by atoms with van der Waals surface area (Å²) in [6.07, 6.45) is 5.88. The molecule has 0 atom stereocenters. The summed E-state index contributed by atoms with van der Waals surface area (Å²) in [5.41, 5.74) is 3.99. The molecule has 0 aliphatic carbocycles. The number of hydrogen-bond donors (Lipinski definition) is 3. The van der Waals surface area contributed by atoms with Crippen LogP contribution < -0.4 is 15.8 Å². The molecule has 0 spiro atoms. The molecule has 0 saturated carbocycles. The lowest BCUT2D eigenvalue weighted by Crippen LogP contribution is -2.49. The van der Waals surface area contributed by atoms with Gasteiger partial charge in [-0.2, -0.15) is 5.10 Å². The van der Waals surface area contributed by atoms with E-state index in [1.54, 1.807) is 23.1 Å². The Morgan fingerprint density at radius 3 is 2.54 bits per heavy atom. The Morgan fingerprint density at radius 2 is 1.88 bits per heavy atom. The summed E-state index contributed by atoms with van der Waals surface area (Å²) in [6, 6.07) is 7.63. The zero-order valence-electron chi connectivity index (χ0n) is 30.1. The number of rotatable bonds is 14. The van der Waals surface area contributed by atoms with Crippen molar-refractivity contribution in [1.82, 2.24) is 34.9 Å². The number of nitrogens with one attached hydrogen (secondary N) is 2. The van der Waals surface area contributed by atoms with Crippen molar-refractivity contribution in [2.45, 2.75) is 85.4 Å². The van der Waals surface area contributed by atoms with E-state index in [1.165, 1.54) is 0 Å². The molecule has 3 N–H and O–H groups in total. The predicted octanol–water partition coefficient (Wildman–Crippen LogP) is 4.17. The van der Waals surface area contributed by atoms with Gasteiger partial charge in [-0.05, 0) is 77.3 Å². The Kier molecular flexibility index (Phi) is 11.7. The fourth-order valence-corrected chi connectivity index (χ4v) is 6.29. The summed E-state index contributed by atoms with van der Waals surface area (Å²) in [4.78, 5) is 55.9. The van der Waals surface area contributed by atoms with Gasteiger partial charge in [0, 0.05) is 68.4 Å². The summed E-state index contributed by atoms with van der Waals surface area (Å²) in [5, 5.41) is 17.3. The minimum absolute atomic E-state index is 0.0190. The average molecular weight is 687 g/mol. The van der Waals surface area contributed by atoms with Gasteiger partial charge in [0.25, 0.3) is 11.5 Å². The van der Waals surface area contributed by atoms with Crippen molar-refractivity contribution in [3.8, 4) is 11.3 Å². The maximum Gasteiger partial charge on any atom is 0.253 e. The molecule has 0 aromatic carbocycles. The third kappa shape index (κ3) is 8.56. The van der Waals surface area contributed by atoms with E-state index in [9.17, 15) is 19.5 Å². The Hall–Kier alpha value is -4.62. The van der Waals surface area contributed by atoms with Gasteiger partial charge >= 0.3 is 0 Å². The van der Waals surface area contributed by atoms with E-state index < -0.39 is 5.60 Å². The number of aryl methyl sites for hydroxylation is 2. The number of carbonyl (C=O) groups is 2. The maximum atomic E-state index is 13.8. The van der Waals surface area contributed by atoms with Crippen molar-refractivity contribution in [3.63, 3.8) is 0 Å². The smallest absolute Gasteiger partial charge is 0.253 e. The normalized spacial score (nSPS) is 13.8. The summed E-state index contributed by atoms with van der Waals surface area (Å²) in [7, 11) is 0. The third-order valence-corrected chi connectivity index (χ3v) is 9.13. The lowest BCUT2D eigenvalue weighted by atomic mass is 10.0. The number of carbonyl (C=O) groups excluding carboxylic acids is 2. The Bertz CT molecular complexity index is 1860. The minimum Gasteiger partial charge on any atom is -0.396 e. The number of pyridine rings is 3. The largest absolute Gasteiger partial charge is 0.396 e. The standard InChI is InChI=1S/C37H50N8O5/c1-7-8-26-19-25(4)41-36(49)29(26)22-39-35(48)28-20-31(42-34-30(28)23-40-45(34)24(2)3)27-9-10-32(38-21-27)43-13-15-44(16-14-43)33(47)11-18-50-37(5,6)12-17-46/h9-10,19-21,23-24,46H,7-8,11-18,22H2,1-6H3,(H,39,48)(H,41,49). The number of aromatic amines is 1. The van der Waals surface area contributed by atoms with E-state index in [4.69, 9.17) is 14.7 Å². The zero-order valence-corrected chi connectivity index (χ0v) is 30.1. The number of amides is 2. The molecule has 13 nitrogen and oxygen atoms in total. The number of piperazine rings is 1. The van der Waals surface area contributed by atoms with Gasteiger partial charge in [0.2, 0.25) is 5.91 Å². The topological polar surface area (TPSA) is 159 Å². The minimum atomic E-state index is -0.460. The number of H-pyrrole nitrogens is 1. The fourth-order valence-electron chi connectivity index (χ4n) is 6.29. The first-order chi connectivity index (χ1) is 23.9. The van der Waals surface area contributed by atoms with Gasteiger partial charge in [0.15, 0.2) is 5.65 Å². The van der Waals surface area contributed by atoms with E-state index >= 15 is 0 Å². The molecule has 5 heterocycles. The molecule has 4 aromatic heterocycles. The number of aromatic nitrogens is 5. The number of hydrogen-bond acceptors (Lipinski definition) is 9. The number of nitrogens with zero attached hydrogens (tertiary/aromatic N) is 6. The number of ether oxygens (including phenoxy) is 1. The molecule has 1 aliphatic rings. The van der Waals surface area contributed by atoms with Gasteiger partial charge in [0.1, 0.15) is 5.82 Å². The molecule has 1 aliphatic heterocycles. The number of aliphatic hydroxyl groups is 1. The molecule has 50 heavy (non-hydrogen) atoms. The van der Waals surface area contributed by atoms with Crippen LogP contribution in [0.1, 0.15) is 87.1 Å². The zero-order chi connectivity index (χ0) is 36.0. The van der Waals surface area contributed by atoms with Crippen molar-refractivity contribution in [1.29, 1.82) is 0 Å².